The third-order valence-corrected chi connectivity index (χ3v) is 4.14. The van der Waals surface area contributed by atoms with E-state index in [9.17, 15) is 19.2 Å². The molecule has 0 radical (unpaired) electrons. The first-order valence-corrected chi connectivity index (χ1v) is 11.5. The topological polar surface area (TPSA) is 125 Å². The summed E-state index contributed by atoms with van der Waals surface area (Å²) in [4.78, 5) is 51.5. The van der Waals surface area contributed by atoms with Crippen LogP contribution in [0.2, 0.25) is 0 Å². The molecule has 0 aliphatic heterocycles. The summed E-state index contributed by atoms with van der Waals surface area (Å²) in [6.45, 7) is 17.6. The van der Waals surface area contributed by atoms with E-state index >= 15 is 0 Å². The molecule has 0 aromatic heterocycles. The van der Waals surface area contributed by atoms with Crippen LogP contribution in [0.25, 0.3) is 0 Å². The second kappa shape index (κ2) is 12.3. The summed E-state index contributed by atoms with van der Waals surface area (Å²) in [6, 6.07) is -1.93. The van der Waals surface area contributed by atoms with E-state index in [2.05, 4.69) is 0 Å². The highest BCUT2D eigenvalue weighted by Gasteiger charge is 2.34. The van der Waals surface area contributed by atoms with Crippen molar-refractivity contribution in [2.24, 2.45) is 5.73 Å². The van der Waals surface area contributed by atoms with Crippen molar-refractivity contribution in [1.82, 2.24) is 4.90 Å². The minimum Gasteiger partial charge on any atom is -0.460 e. The zero-order valence-corrected chi connectivity index (χ0v) is 22.1. The van der Waals surface area contributed by atoms with Gasteiger partial charge in [0.05, 0.1) is 0 Å². The van der Waals surface area contributed by atoms with Crippen molar-refractivity contribution < 1.29 is 33.4 Å². The Labute approximate surface area is 198 Å². The van der Waals surface area contributed by atoms with Gasteiger partial charge in [-0.3, -0.25) is 14.4 Å². The lowest BCUT2D eigenvalue weighted by Crippen LogP contribution is -2.48. The van der Waals surface area contributed by atoms with Gasteiger partial charge < -0.3 is 24.8 Å². The molecule has 0 rings (SSSR count). The molecule has 1 amide bonds. The Hall–Kier alpha value is -2.16. The predicted octanol–water partition coefficient (Wildman–Crippen LogP) is 3.12. The van der Waals surface area contributed by atoms with E-state index in [4.69, 9.17) is 19.9 Å². The van der Waals surface area contributed by atoms with Crippen molar-refractivity contribution in [2.75, 3.05) is 6.54 Å². The van der Waals surface area contributed by atoms with Crippen molar-refractivity contribution in [3.05, 3.63) is 0 Å². The number of nitrogens with zero attached hydrogens (tertiary/aromatic N) is 1. The first-order valence-electron chi connectivity index (χ1n) is 11.5. The number of hydrogen-bond donors (Lipinski definition) is 1. The van der Waals surface area contributed by atoms with Gasteiger partial charge in [0, 0.05) is 19.4 Å². The highest BCUT2D eigenvalue weighted by Crippen LogP contribution is 2.19. The summed E-state index contributed by atoms with van der Waals surface area (Å²) in [5.74, 6) is -2.02. The molecule has 2 atom stereocenters. The Balaban J connectivity index is 5.37. The van der Waals surface area contributed by atoms with Crippen molar-refractivity contribution in [1.29, 1.82) is 0 Å². The number of amides is 1. The van der Waals surface area contributed by atoms with E-state index < -0.39 is 46.8 Å². The average molecular weight is 473 g/mol. The lowest BCUT2D eigenvalue weighted by atomic mass is 10.1. The lowest BCUT2D eigenvalue weighted by molar-refractivity contribution is -0.166. The molecule has 0 fully saturated rings. The predicted molar refractivity (Wildman–Crippen MR) is 125 cm³/mol. The van der Waals surface area contributed by atoms with Gasteiger partial charge in [0.1, 0.15) is 28.9 Å². The number of esters is 3. The molecule has 0 heterocycles. The minimum atomic E-state index is -0.966. The maximum absolute atomic E-state index is 13.0. The Morgan fingerprint density at radius 3 is 1.61 bits per heavy atom. The van der Waals surface area contributed by atoms with Crippen LogP contribution in [-0.2, 0) is 33.4 Å². The monoisotopic (exact) mass is 472 g/mol. The fourth-order valence-electron chi connectivity index (χ4n) is 2.91. The van der Waals surface area contributed by atoms with Crippen LogP contribution < -0.4 is 5.73 Å². The Morgan fingerprint density at radius 2 is 1.18 bits per heavy atom. The van der Waals surface area contributed by atoms with E-state index in [1.165, 1.54) is 4.90 Å². The number of ether oxygens (including phenoxy) is 3. The molecule has 0 saturated heterocycles. The highest BCUT2D eigenvalue weighted by atomic mass is 16.6. The fraction of sp³-hybridized carbons (Fsp3) is 0.833. The summed E-state index contributed by atoms with van der Waals surface area (Å²) < 4.78 is 16.1. The standard InChI is InChI=1S/C24H44N2O7/c1-11-26(18(27)14-12-16(25)20(29)32-23(5,6)7)17(21(30)33-24(8,9)10)13-15-19(28)31-22(2,3)4/h16-17H,11-15,25H2,1-10H3/t16-,17-/m0/s1. The van der Waals surface area contributed by atoms with Crippen LogP contribution in [0.4, 0.5) is 0 Å². The third kappa shape index (κ3) is 13.9. The smallest absolute Gasteiger partial charge is 0.329 e. The van der Waals surface area contributed by atoms with E-state index in [0.29, 0.717) is 0 Å². The van der Waals surface area contributed by atoms with Crippen molar-refractivity contribution >= 4 is 23.8 Å². The first-order chi connectivity index (χ1) is 14.8. The number of carbonyl (C=O) groups is 4. The van der Waals surface area contributed by atoms with Crippen LogP contribution in [0.15, 0.2) is 0 Å². The maximum atomic E-state index is 13.0. The molecule has 0 aliphatic rings. The average Bonchev–Trinajstić information content (AvgIpc) is 2.58. The van der Waals surface area contributed by atoms with E-state index in [1.54, 1.807) is 69.2 Å². The van der Waals surface area contributed by atoms with Crippen molar-refractivity contribution in [3.63, 3.8) is 0 Å². The number of hydrogen-bond acceptors (Lipinski definition) is 8. The van der Waals surface area contributed by atoms with Crippen LogP contribution in [0, 0.1) is 0 Å². The SMILES string of the molecule is CCN(C(=O)CC[C@H](N)C(=O)OC(C)(C)C)[C@@H](CCC(=O)OC(C)(C)C)C(=O)OC(C)(C)C. The van der Waals surface area contributed by atoms with Crippen molar-refractivity contribution in [2.45, 2.75) is 124 Å². The van der Waals surface area contributed by atoms with Crippen LogP contribution in [0.3, 0.4) is 0 Å². The molecule has 0 bridgehead atoms. The Bertz CT molecular complexity index is 684. The van der Waals surface area contributed by atoms with Gasteiger partial charge in [-0.05, 0) is 82.1 Å². The normalized spacial score (nSPS) is 14.2. The van der Waals surface area contributed by atoms with Crippen LogP contribution in [0.1, 0.15) is 94.9 Å². The maximum Gasteiger partial charge on any atom is 0.329 e. The molecule has 2 N–H and O–H groups in total. The van der Waals surface area contributed by atoms with Gasteiger partial charge in [0.2, 0.25) is 5.91 Å². The van der Waals surface area contributed by atoms with Gasteiger partial charge in [-0.15, -0.1) is 0 Å². The van der Waals surface area contributed by atoms with Gasteiger partial charge in [0.15, 0.2) is 0 Å². The fourth-order valence-corrected chi connectivity index (χ4v) is 2.91. The molecule has 9 nitrogen and oxygen atoms in total. The molecule has 0 aromatic rings. The number of carbonyl (C=O) groups excluding carboxylic acids is 4. The quantitative estimate of drug-likeness (QED) is 0.380. The zero-order chi connectivity index (χ0) is 26.2. The summed E-state index contributed by atoms with van der Waals surface area (Å²) in [5.41, 5.74) is 3.79. The first kappa shape index (κ1) is 30.8. The summed E-state index contributed by atoms with van der Waals surface area (Å²) in [6.07, 6.45) is 0.0151. The number of nitrogens with two attached hydrogens (primary N) is 1. The molecular formula is C24H44N2O7. The van der Waals surface area contributed by atoms with Crippen molar-refractivity contribution in [3.8, 4) is 0 Å². The van der Waals surface area contributed by atoms with Gasteiger partial charge in [-0.1, -0.05) is 0 Å². The molecular weight excluding hydrogens is 428 g/mol. The Morgan fingerprint density at radius 1 is 0.727 bits per heavy atom. The lowest BCUT2D eigenvalue weighted by Gasteiger charge is -2.32. The minimum absolute atomic E-state index is 0.0532. The van der Waals surface area contributed by atoms with Gasteiger partial charge >= 0.3 is 17.9 Å². The number of rotatable bonds is 10. The molecule has 0 spiro atoms. The molecule has 33 heavy (non-hydrogen) atoms. The van der Waals surface area contributed by atoms with Gasteiger partial charge in [-0.25, -0.2) is 4.79 Å². The molecule has 9 heteroatoms. The van der Waals surface area contributed by atoms with Gasteiger partial charge in [-0.2, -0.15) is 0 Å². The zero-order valence-electron chi connectivity index (χ0n) is 22.1. The van der Waals surface area contributed by atoms with Crippen LogP contribution in [0.5, 0.6) is 0 Å². The van der Waals surface area contributed by atoms with E-state index in [1.807, 2.05) is 0 Å². The van der Waals surface area contributed by atoms with E-state index in [-0.39, 0.29) is 38.1 Å². The highest BCUT2D eigenvalue weighted by molar-refractivity contribution is 5.86. The Kier molecular flexibility index (Phi) is 11.5. The van der Waals surface area contributed by atoms with Crippen LogP contribution in [-0.4, -0.2) is 64.1 Å². The summed E-state index contributed by atoms with van der Waals surface area (Å²) in [7, 11) is 0. The third-order valence-electron chi connectivity index (χ3n) is 4.14. The second-order valence-electron chi connectivity index (χ2n) is 11.0. The molecule has 192 valence electrons. The molecule has 0 unspecified atom stereocenters. The largest absolute Gasteiger partial charge is 0.460 e. The number of likely N-dealkylation sites (N-methyl/N-ethyl adjacent to an activating group) is 1. The van der Waals surface area contributed by atoms with Gasteiger partial charge in [0.25, 0.3) is 0 Å². The molecule has 0 aliphatic carbocycles. The molecule has 0 saturated carbocycles. The van der Waals surface area contributed by atoms with Crippen LogP contribution >= 0.6 is 0 Å². The second-order valence-corrected chi connectivity index (χ2v) is 11.0. The summed E-state index contributed by atoms with van der Waals surface area (Å²) >= 11 is 0. The van der Waals surface area contributed by atoms with E-state index in [0.717, 1.165) is 0 Å². The molecule has 0 aromatic carbocycles. The summed E-state index contributed by atoms with van der Waals surface area (Å²) in [5, 5.41) is 0.